The zero-order valence-corrected chi connectivity index (χ0v) is 13.5. The molecule has 4 amide bonds. The smallest absolute Gasteiger partial charge is 0.322 e. The quantitative estimate of drug-likeness (QED) is 0.693. The van der Waals surface area contributed by atoms with Crippen LogP contribution in [0.2, 0.25) is 0 Å². The zero-order chi connectivity index (χ0) is 17.0. The fraction of sp³-hybridized carbons (Fsp3) is 0.643. The van der Waals surface area contributed by atoms with Gasteiger partial charge < -0.3 is 14.7 Å². The number of carbonyl (C=O) groups excluding carboxylic acids is 3. The summed E-state index contributed by atoms with van der Waals surface area (Å²) in [5.74, 6) is 0.622. The number of nitrogens with one attached hydrogen (secondary N) is 2. The highest BCUT2D eigenvalue weighted by molar-refractivity contribution is 6.05. The molecule has 0 saturated carbocycles. The molecule has 0 spiro atoms. The summed E-state index contributed by atoms with van der Waals surface area (Å²) in [6, 6.07) is -1.40. The molecular formula is C14H21N5O4. The summed E-state index contributed by atoms with van der Waals surface area (Å²) >= 11 is 0. The van der Waals surface area contributed by atoms with E-state index in [-0.39, 0.29) is 18.9 Å². The predicted octanol–water partition coefficient (Wildman–Crippen LogP) is 0.215. The summed E-state index contributed by atoms with van der Waals surface area (Å²) in [6.45, 7) is 6.56. The minimum Gasteiger partial charge on any atom is -0.339 e. The van der Waals surface area contributed by atoms with E-state index >= 15 is 0 Å². The number of amides is 4. The van der Waals surface area contributed by atoms with E-state index in [1.807, 2.05) is 20.8 Å². The largest absolute Gasteiger partial charge is 0.339 e. The van der Waals surface area contributed by atoms with Crippen molar-refractivity contribution in [2.75, 3.05) is 6.54 Å². The van der Waals surface area contributed by atoms with Crippen molar-refractivity contribution in [3.8, 4) is 0 Å². The molecule has 1 aliphatic rings. The van der Waals surface area contributed by atoms with Crippen LogP contribution < -0.4 is 10.6 Å². The van der Waals surface area contributed by atoms with Gasteiger partial charge in [0.05, 0.1) is 13.0 Å². The lowest BCUT2D eigenvalue weighted by Gasteiger charge is -2.20. The topological polar surface area (TPSA) is 117 Å². The fourth-order valence-electron chi connectivity index (χ4n) is 2.24. The first-order valence-corrected chi connectivity index (χ1v) is 7.59. The van der Waals surface area contributed by atoms with Gasteiger partial charge in [-0.2, -0.15) is 4.98 Å². The second kappa shape index (κ2) is 7.21. The molecule has 0 radical (unpaired) electrons. The Morgan fingerprint density at radius 3 is 2.70 bits per heavy atom. The van der Waals surface area contributed by atoms with Crippen LogP contribution in [0.1, 0.15) is 38.9 Å². The molecule has 1 saturated heterocycles. The van der Waals surface area contributed by atoms with Gasteiger partial charge in [-0.05, 0) is 12.8 Å². The molecule has 0 aliphatic carbocycles. The lowest BCUT2D eigenvalue weighted by molar-refractivity contribution is -0.134. The summed E-state index contributed by atoms with van der Waals surface area (Å²) in [7, 11) is 0. The first-order chi connectivity index (χ1) is 10.9. The Labute approximate surface area is 133 Å². The number of rotatable bonds is 7. The Morgan fingerprint density at radius 2 is 2.13 bits per heavy atom. The number of urea groups is 1. The van der Waals surface area contributed by atoms with Gasteiger partial charge in [0.1, 0.15) is 6.04 Å². The first-order valence-electron chi connectivity index (χ1n) is 7.59. The number of hydrogen-bond donors (Lipinski definition) is 2. The van der Waals surface area contributed by atoms with E-state index in [1.54, 1.807) is 0 Å². The maximum atomic E-state index is 12.3. The van der Waals surface area contributed by atoms with Crippen molar-refractivity contribution in [1.82, 2.24) is 25.7 Å². The van der Waals surface area contributed by atoms with Gasteiger partial charge in [0.15, 0.2) is 5.82 Å². The summed E-state index contributed by atoms with van der Waals surface area (Å²) in [5.41, 5.74) is 0. The van der Waals surface area contributed by atoms with Crippen LogP contribution in [0.3, 0.4) is 0 Å². The third-order valence-corrected chi connectivity index (χ3v) is 3.40. The van der Waals surface area contributed by atoms with Crippen molar-refractivity contribution in [2.45, 2.75) is 46.2 Å². The molecule has 9 heteroatoms. The van der Waals surface area contributed by atoms with Crippen molar-refractivity contribution in [3.63, 3.8) is 0 Å². The minimum absolute atomic E-state index is 0.0951. The van der Waals surface area contributed by atoms with Crippen LogP contribution in [0, 0.1) is 5.92 Å². The highest BCUT2D eigenvalue weighted by atomic mass is 16.5. The summed E-state index contributed by atoms with van der Waals surface area (Å²) < 4.78 is 5.14. The molecule has 1 aliphatic heterocycles. The molecule has 1 aromatic heterocycles. The standard InChI is InChI=1S/C14H21N5O4/c1-4-19(7-10-16-11(23-18-10)5-8(2)3)12(20)6-9-13(21)17-14(22)15-9/h8-9H,4-7H2,1-3H3,(H2,15,17,21,22)/t9-/m0/s1. The molecule has 9 nitrogen and oxygen atoms in total. The lowest BCUT2D eigenvalue weighted by atomic mass is 10.1. The first kappa shape index (κ1) is 16.9. The average molecular weight is 323 g/mol. The van der Waals surface area contributed by atoms with Gasteiger partial charge in [-0.25, -0.2) is 4.79 Å². The fourth-order valence-corrected chi connectivity index (χ4v) is 2.24. The van der Waals surface area contributed by atoms with Crippen LogP contribution in [0.5, 0.6) is 0 Å². The summed E-state index contributed by atoms with van der Waals surface area (Å²) in [4.78, 5) is 40.6. The third-order valence-electron chi connectivity index (χ3n) is 3.40. The molecule has 23 heavy (non-hydrogen) atoms. The highest BCUT2D eigenvalue weighted by Crippen LogP contribution is 2.09. The Kier molecular flexibility index (Phi) is 5.30. The van der Waals surface area contributed by atoms with Crippen LogP contribution in [-0.2, 0) is 22.6 Å². The second-order valence-electron chi connectivity index (χ2n) is 5.83. The van der Waals surface area contributed by atoms with Crippen molar-refractivity contribution in [1.29, 1.82) is 0 Å². The van der Waals surface area contributed by atoms with Gasteiger partial charge in [0, 0.05) is 13.0 Å². The normalized spacial score (nSPS) is 17.3. The maximum Gasteiger partial charge on any atom is 0.322 e. The molecular weight excluding hydrogens is 302 g/mol. The maximum absolute atomic E-state index is 12.3. The van der Waals surface area contributed by atoms with Gasteiger partial charge in [-0.1, -0.05) is 19.0 Å². The molecule has 126 valence electrons. The van der Waals surface area contributed by atoms with Crippen molar-refractivity contribution >= 4 is 17.8 Å². The number of nitrogens with zero attached hydrogens (tertiary/aromatic N) is 3. The Balaban J connectivity index is 1.93. The molecule has 1 fully saturated rings. The number of imide groups is 1. The number of aromatic nitrogens is 2. The molecule has 0 aromatic carbocycles. The van der Waals surface area contributed by atoms with E-state index < -0.39 is 18.0 Å². The predicted molar refractivity (Wildman–Crippen MR) is 79.0 cm³/mol. The third kappa shape index (κ3) is 4.51. The van der Waals surface area contributed by atoms with Crippen molar-refractivity contribution in [3.05, 3.63) is 11.7 Å². The van der Waals surface area contributed by atoms with Gasteiger partial charge in [-0.3, -0.25) is 14.9 Å². The van der Waals surface area contributed by atoms with E-state index in [4.69, 9.17) is 4.52 Å². The van der Waals surface area contributed by atoms with E-state index in [2.05, 4.69) is 20.8 Å². The molecule has 1 atom stereocenters. The Morgan fingerprint density at radius 1 is 1.39 bits per heavy atom. The zero-order valence-electron chi connectivity index (χ0n) is 13.5. The summed E-state index contributed by atoms with van der Waals surface area (Å²) in [5, 5.41) is 8.38. The lowest BCUT2D eigenvalue weighted by Crippen LogP contribution is -2.38. The van der Waals surface area contributed by atoms with Crippen molar-refractivity contribution < 1.29 is 18.9 Å². The molecule has 0 bridgehead atoms. The van der Waals surface area contributed by atoms with Crippen LogP contribution in [-0.4, -0.2) is 45.5 Å². The van der Waals surface area contributed by atoms with Crippen LogP contribution >= 0.6 is 0 Å². The average Bonchev–Trinajstić information content (AvgIpc) is 3.02. The van der Waals surface area contributed by atoms with Gasteiger partial charge in [0.2, 0.25) is 11.8 Å². The summed E-state index contributed by atoms with van der Waals surface area (Å²) in [6.07, 6.45) is 0.587. The number of hydrogen-bond acceptors (Lipinski definition) is 6. The van der Waals surface area contributed by atoms with Crippen LogP contribution in [0.25, 0.3) is 0 Å². The van der Waals surface area contributed by atoms with E-state index in [9.17, 15) is 14.4 Å². The van der Waals surface area contributed by atoms with E-state index in [1.165, 1.54) is 4.90 Å². The second-order valence-corrected chi connectivity index (χ2v) is 5.83. The highest BCUT2D eigenvalue weighted by Gasteiger charge is 2.32. The monoisotopic (exact) mass is 323 g/mol. The Hall–Kier alpha value is -2.45. The van der Waals surface area contributed by atoms with E-state index in [0.29, 0.717) is 30.6 Å². The van der Waals surface area contributed by atoms with Crippen LogP contribution in [0.15, 0.2) is 4.52 Å². The molecule has 0 unspecified atom stereocenters. The molecule has 2 rings (SSSR count). The van der Waals surface area contributed by atoms with Gasteiger partial charge >= 0.3 is 6.03 Å². The molecule has 1 aromatic rings. The van der Waals surface area contributed by atoms with Crippen molar-refractivity contribution in [2.24, 2.45) is 5.92 Å². The van der Waals surface area contributed by atoms with Gasteiger partial charge in [0.25, 0.3) is 5.91 Å². The molecule has 2 N–H and O–H groups in total. The van der Waals surface area contributed by atoms with Gasteiger partial charge in [-0.15, -0.1) is 0 Å². The SMILES string of the molecule is CCN(Cc1noc(CC(C)C)n1)C(=O)C[C@@H]1NC(=O)NC1=O. The molecule has 2 heterocycles. The van der Waals surface area contributed by atoms with Crippen LogP contribution in [0.4, 0.5) is 4.79 Å². The Bertz CT molecular complexity index is 598. The number of carbonyl (C=O) groups is 3. The van der Waals surface area contributed by atoms with E-state index in [0.717, 1.165) is 0 Å². The minimum atomic E-state index is -0.828.